The highest BCUT2D eigenvalue weighted by atomic mass is 14.5. The van der Waals surface area contributed by atoms with E-state index in [1.54, 1.807) is 6.07 Å². The van der Waals surface area contributed by atoms with Gasteiger partial charge in [0.1, 0.15) is 0 Å². The third kappa shape index (κ3) is 2.10. The highest BCUT2D eigenvalue weighted by molar-refractivity contribution is 5.65. The fourth-order valence-corrected chi connectivity index (χ4v) is 1.65. The molecule has 0 aliphatic carbocycles. The van der Waals surface area contributed by atoms with Gasteiger partial charge in [-0.25, -0.2) is 0 Å². The Bertz CT molecular complexity index is 538. The second kappa shape index (κ2) is 4.61. The van der Waals surface area contributed by atoms with E-state index in [0.29, 0.717) is 12.1 Å². The average Bonchev–Trinajstić information content (AvgIpc) is 2.39. The van der Waals surface area contributed by atoms with E-state index in [1.807, 2.05) is 36.4 Å². The van der Waals surface area contributed by atoms with Gasteiger partial charge in [-0.3, -0.25) is 0 Å². The largest absolute Gasteiger partial charge is 0.326 e. The summed E-state index contributed by atoms with van der Waals surface area (Å²) in [7, 11) is 0. The smallest absolute Gasteiger partial charge is 0.0991 e. The van der Waals surface area contributed by atoms with Crippen LogP contribution in [0.1, 0.15) is 11.1 Å². The van der Waals surface area contributed by atoms with Crippen LogP contribution in [0.4, 0.5) is 0 Å². The van der Waals surface area contributed by atoms with Gasteiger partial charge < -0.3 is 5.73 Å². The Hall–Kier alpha value is -2.11. The Balaban J connectivity index is 2.46. The minimum Gasteiger partial charge on any atom is -0.326 e. The molecule has 0 atom stereocenters. The summed E-state index contributed by atoms with van der Waals surface area (Å²) in [4.78, 5) is 0. The van der Waals surface area contributed by atoms with Gasteiger partial charge in [0.05, 0.1) is 11.6 Å². The molecular formula is C14H12N2. The van der Waals surface area contributed by atoms with Crippen molar-refractivity contribution in [3.63, 3.8) is 0 Å². The van der Waals surface area contributed by atoms with Crippen molar-refractivity contribution in [2.24, 2.45) is 5.73 Å². The lowest BCUT2D eigenvalue weighted by Crippen LogP contribution is -1.95. The lowest BCUT2D eigenvalue weighted by molar-refractivity contribution is 1.07. The zero-order valence-electron chi connectivity index (χ0n) is 8.85. The SMILES string of the molecule is N#Cc1cccc(-c2cccc(CN)c2)c1. The third-order valence-electron chi connectivity index (χ3n) is 2.49. The first-order chi connectivity index (χ1) is 7.83. The normalized spacial score (nSPS) is 9.75. The Kier molecular flexibility index (Phi) is 3.00. The van der Waals surface area contributed by atoms with Crippen molar-refractivity contribution >= 4 is 0 Å². The van der Waals surface area contributed by atoms with Crippen molar-refractivity contribution in [2.75, 3.05) is 0 Å². The lowest BCUT2D eigenvalue weighted by Gasteiger charge is -2.04. The van der Waals surface area contributed by atoms with E-state index in [4.69, 9.17) is 11.0 Å². The van der Waals surface area contributed by atoms with Gasteiger partial charge in [-0.05, 0) is 34.9 Å². The predicted molar refractivity (Wildman–Crippen MR) is 64.5 cm³/mol. The zero-order valence-corrected chi connectivity index (χ0v) is 8.85. The van der Waals surface area contributed by atoms with Crippen molar-refractivity contribution in [3.05, 3.63) is 59.7 Å². The summed E-state index contributed by atoms with van der Waals surface area (Å²) in [5.74, 6) is 0. The maximum atomic E-state index is 8.84. The molecule has 0 saturated carbocycles. The first kappa shape index (κ1) is 10.4. The quantitative estimate of drug-likeness (QED) is 0.824. The molecule has 0 amide bonds. The first-order valence-corrected chi connectivity index (χ1v) is 5.13. The van der Waals surface area contributed by atoms with Gasteiger partial charge in [0.2, 0.25) is 0 Å². The van der Waals surface area contributed by atoms with E-state index >= 15 is 0 Å². The van der Waals surface area contributed by atoms with Crippen LogP contribution in [0.15, 0.2) is 48.5 Å². The first-order valence-electron chi connectivity index (χ1n) is 5.13. The van der Waals surface area contributed by atoms with Crippen molar-refractivity contribution < 1.29 is 0 Å². The van der Waals surface area contributed by atoms with Crippen LogP contribution in [0, 0.1) is 11.3 Å². The molecule has 2 aromatic rings. The summed E-state index contributed by atoms with van der Waals surface area (Å²) < 4.78 is 0. The highest BCUT2D eigenvalue weighted by Gasteiger charge is 1.99. The van der Waals surface area contributed by atoms with Gasteiger partial charge in [0.15, 0.2) is 0 Å². The van der Waals surface area contributed by atoms with Crippen LogP contribution in [0.2, 0.25) is 0 Å². The molecule has 0 aliphatic heterocycles. The van der Waals surface area contributed by atoms with Crippen molar-refractivity contribution in [1.29, 1.82) is 5.26 Å². The van der Waals surface area contributed by atoms with E-state index in [1.165, 1.54) is 0 Å². The van der Waals surface area contributed by atoms with Gasteiger partial charge in [-0.1, -0.05) is 30.3 Å². The molecule has 2 aromatic carbocycles. The van der Waals surface area contributed by atoms with Crippen LogP contribution in [0.25, 0.3) is 11.1 Å². The van der Waals surface area contributed by atoms with Crippen LogP contribution >= 0.6 is 0 Å². The van der Waals surface area contributed by atoms with Crippen LogP contribution in [-0.2, 0) is 6.54 Å². The third-order valence-corrected chi connectivity index (χ3v) is 2.49. The standard InChI is InChI=1S/C14H12N2/c15-9-11-3-1-5-13(7-11)14-6-2-4-12(8-14)10-16/h1-8H,9,15H2. The van der Waals surface area contributed by atoms with Gasteiger partial charge in [0, 0.05) is 6.54 Å². The van der Waals surface area contributed by atoms with E-state index in [9.17, 15) is 0 Å². The number of hydrogen-bond donors (Lipinski definition) is 1. The molecule has 0 aromatic heterocycles. The van der Waals surface area contributed by atoms with Crippen molar-refractivity contribution in [2.45, 2.75) is 6.54 Å². The number of hydrogen-bond acceptors (Lipinski definition) is 2. The highest BCUT2D eigenvalue weighted by Crippen LogP contribution is 2.21. The Morgan fingerprint density at radius 1 is 1.00 bits per heavy atom. The van der Waals surface area contributed by atoms with Crippen molar-refractivity contribution in [3.8, 4) is 17.2 Å². The van der Waals surface area contributed by atoms with Gasteiger partial charge in [-0.2, -0.15) is 5.26 Å². The fourth-order valence-electron chi connectivity index (χ4n) is 1.65. The molecule has 2 N–H and O–H groups in total. The molecule has 0 spiro atoms. The van der Waals surface area contributed by atoms with Crippen LogP contribution < -0.4 is 5.73 Å². The lowest BCUT2D eigenvalue weighted by atomic mass is 10.0. The second-order valence-electron chi connectivity index (χ2n) is 3.60. The van der Waals surface area contributed by atoms with Crippen LogP contribution in [-0.4, -0.2) is 0 Å². The average molecular weight is 208 g/mol. The topological polar surface area (TPSA) is 49.8 Å². The molecule has 0 heterocycles. The zero-order chi connectivity index (χ0) is 11.4. The molecule has 16 heavy (non-hydrogen) atoms. The van der Waals surface area contributed by atoms with E-state index in [0.717, 1.165) is 16.7 Å². The van der Waals surface area contributed by atoms with Gasteiger partial charge in [0.25, 0.3) is 0 Å². The summed E-state index contributed by atoms with van der Waals surface area (Å²) in [5.41, 5.74) is 9.52. The van der Waals surface area contributed by atoms with Gasteiger partial charge in [-0.15, -0.1) is 0 Å². The van der Waals surface area contributed by atoms with Crippen molar-refractivity contribution in [1.82, 2.24) is 0 Å². The Morgan fingerprint density at radius 3 is 2.38 bits per heavy atom. The van der Waals surface area contributed by atoms with Crippen LogP contribution in [0.5, 0.6) is 0 Å². The number of rotatable bonds is 2. The number of nitriles is 1. The summed E-state index contributed by atoms with van der Waals surface area (Å²) in [6, 6.07) is 17.8. The summed E-state index contributed by atoms with van der Waals surface area (Å²) >= 11 is 0. The number of nitrogens with zero attached hydrogens (tertiary/aromatic N) is 1. The molecule has 2 nitrogen and oxygen atoms in total. The molecule has 78 valence electrons. The minimum atomic E-state index is 0.534. The molecule has 2 heteroatoms. The summed E-state index contributed by atoms with van der Waals surface area (Å²) in [6.45, 7) is 0.534. The van der Waals surface area contributed by atoms with E-state index < -0.39 is 0 Å². The molecule has 2 rings (SSSR count). The summed E-state index contributed by atoms with van der Waals surface area (Å²) in [5, 5.41) is 8.84. The molecule has 0 radical (unpaired) electrons. The predicted octanol–water partition coefficient (Wildman–Crippen LogP) is 2.68. The minimum absolute atomic E-state index is 0.534. The molecular weight excluding hydrogens is 196 g/mol. The van der Waals surface area contributed by atoms with E-state index in [2.05, 4.69) is 12.1 Å². The molecule has 0 fully saturated rings. The molecule has 0 unspecified atom stereocenters. The number of nitrogens with two attached hydrogens (primary N) is 1. The fraction of sp³-hybridized carbons (Fsp3) is 0.0714. The Labute approximate surface area is 95.0 Å². The maximum absolute atomic E-state index is 8.84. The van der Waals surface area contributed by atoms with E-state index in [-0.39, 0.29) is 0 Å². The maximum Gasteiger partial charge on any atom is 0.0991 e. The van der Waals surface area contributed by atoms with Gasteiger partial charge >= 0.3 is 0 Å². The summed E-state index contributed by atoms with van der Waals surface area (Å²) in [6.07, 6.45) is 0. The monoisotopic (exact) mass is 208 g/mol. The molecule has 0 bridgehead atoms. The molecule has 0 saturated heterocycles. The number of benzene rings is 2. The Morgan fingerprint density at radius 2 is 1.69 bits per heavy atom. The second-order valence-corrected chi connectivity index (χ2v) is 3.60. The molecule has 0 aliphatic rings. The van der Waals surface area contributed by atoms with Crippen LogP contribution in [0.3, 0.4) is 0 Å².